The smallest absolute Gasteiger partial charge is 0.356 e. The first-order valence-corrected chi connectivity index (χ1v) is 8.98. The van der Waals surface area contributed by atoms with Gasteiger partial charge in [-0.1, -0.05) is 78.9 Å². The minimum Gasteiger partial charge on any atom is -0.375 e. The Morgan fingerprint density at radius 2 is 1.33 bits per heavy atom. The van der Waals surface area contributed by atoms with E-state index in [1.807, 2.05) is 66.7 Å². The van der Waals surface area contributed by atoms with E-state index in [0.717, 1.165) is 11.1 Å². The number of hydrogen-bond acceptors (Lipinski definition) is 4. The van der Waals surface area contributed by atoms with Crippen molar-refractivity contribution in [3.8, 4) is 0 Å². The van der Waals surface area contributed by atoms with Gasteiger partial charge in [0.2, 0.25) is 0 Å². The highest BCUT2D eigenvalue weighted by Crippen LogP contribution is 2.07. The van der Waals surface area contributed by atoms with E-state index >= 15 is 0 Å². The van der Waals surface area contributed by atoms with E-state index in [-0.39, 0.29) is 6.04 Å². The molecule has 0 amide bonds. The molecule has 138 valence electrons. The van der Waals surface area contributed by atoms with Crippen LogP contribution in [0.15, 0.2) is 91.0 Å². The van der Waals surface area contributed by atoms with Crippen molar-refractivity contribution in [3.63, 3.8) is 0 Å². The molecule has 3 rings (SSSR count). The third-order valence-corrected chi connectivity index (χ3v) is 4.08. The summed E-state index contributed by atoms with van der Waals surface area (Å²) in [6.07, 6.45) is 0.692. The van der Waals surface area contributed by atoms with E-state index in [4.69, 9.17) is 9.57 Å². The third-order valence-electron chi connectivity index (χ3n) is 4.08. The number of nitrogens with one attached hydrogen (secondary N) is 1. The van der Waals surface area contributed by atoms with E-state index in [1.54, 1.807) is 24.3 Å². The van der Waals surface area contributed by atoms with Crippen molar-refractivity contribution in [3.05, 3.63) is 108 Å². The zero-order valence-corrected chi connectivity index (χ0v) is 15.1. The summed E-state index contributed by atoms with van der Waals surface area (Å²) in [6.45, 7) is 0.937. The van der Waals surface area contributed by atoms with Crippen LogP contribution in [-0.4, -0.2) is 18.6 Å². The summed E-state index contributed by atoms with van der Waals surface area (Å²) >= 11 is 0. The Kier molecular flexibility index (Phi) is 7.16. The Morgan fingerprint density at radius 3 is 1.96 bits per heavy atom. The van der Waals surface area contributed by atoms with E-state index in [1.165, 1.54) is 0 Å². The van der Waals surface area contributed by atoms with Crippen molar-refractivity contribution in [2.24, 2.45) is 0 Å². The van der Waals surface area contributed by atoms with Crippen LogP contribution < -0.4 is 5.48 Å². The molecule has 0 fully saturated rings. The summed E-state index contributed by atoms with van der Waals surface area (Å²) < 4.78 is 5.84. The quantitative estimate of drug-likeness (QED) is 0.581. The minimum atomic E-state index is -0.406. The van der Waals surface area contributed by atoms with Gasteiger partial charge in [0.05, 0.1) is 24.8 Å². The molecule has 0 aromatic heterocycles. The lowest BCUT2D eigenvalue weighted by atomic mass is 10.1. The highest BCUT2D eigenvalue weighted by Gasteiger charge is 2.14. The number of rotatable bonds is 9. The summed E-state index contributed by atoms with van der Waals surface area (Å²) in [5, 5.41) is 0. The van der Waals surface area contributed by atoms with Crippen LogP contribution in [-0.2, 0) is 22.6 Å². The summed E-state index contributed by atoms with van der Waals surface area (Å²) in [5.41, 5.74) is 5.64. The van der Waals surface area contributed by atoms with Crippen LogP contribution >= 0.6 is 0 Å². The largest absolute Gasteiger partial charge is 0.375 e. The molecular formula is C23H23NO3. The molecule has 0 aliphatic carbocycles. The molecule has 4 heteroatoms. The molecule has 0 saturated heterocycles. The van der Waals surface area contributed by atoms with Gasteiger partial charge in [-0.3, -0.25) is 0 Å². The van der Waals surface area contributed by atoms with Crippen molar-refractivity contribution in [2.75, 3.05) is 6.61 Å². The molecular weight excluding hydrogens is 338 g/mol. The van der Waals surface area contributed by atoms with Crippen LogP contribution in [0.5, 0.6) is 0 Å². The zero-order chi connectivity index (χ0) is 18.7. The van der Waals surface area contributed by atoms with Crippen LogP contribution in [0.4, 0.5) is 0 Å². The molecule has 4 nitrogen and oxygen atoms in total. The molecule has 1 atom stereocenters. The van der Waals surface area contributed by atoms with E-state index < -0.39 is 5.97 Å². The van der Waals surface area contributed by atoms with Gasteiger partial charge < -0.3 is 9.57 Å². The maximum absolute atomic E-state index is 12.2. The van der Waals surface area contributed by atoms with Gasteiger partial charge in [-0.2, -0.15) is 0 Å². The van der Waals surface area contributed by atoms with Gasteiger partial charge in [-0.25, -0.2) is 4.79 Å². The summed E-state index contributed by atoms with van der Waals surface area (Å²) in [6, 6.07) is 28.8. The van der Waals surface area contributed by atoms with Crippen LogP contribution in [0.2, 0.25) is 0 Å². The Bertz CT molecular complexity index is 807. The maximum Gasteiger partial charge on any atom is 0.356 e. The van der Waals surface area contributed by atoms with Crippen molar-refractivity contribution >= 4 is 5.97 Å². The maximum atomic E-state index is 12.2. The zero-order valence-electron chi connectivity index (χ0n) is 15.1. The second-order valence-electron chi connectivity index (χ2n) is 6.26. The lowest BCUT2D eigenvalue weighted by Crippen LogP contribution is -2.37. The molecule has 0 radical (unpaired) electrons. The molecule has 0 heterocycles. The lowest BCUT2D eigenvalue weighted by Gasteiger charge is -2.18. The predicted molar refractivity (Wildman–Crippen MR) is 105 cm³/mol. The molecule has 0 aliphatic rings. The summed E-state index contributed by atoms with van der Waals surface area (Å²) in [4.78, 5) is 17.5. The van der Waals surface area contributed by atoms with Crippen LogP contribution in [0.3, 0.4) is 0 Å². The van der Waals surface area contributed by atoms with Gasteiger partial charge in [0.25, 0.3) is 0 Å². The van der Waals surface area contributed by atoms with Crippen LogP contribution in [0.25, 0.3) is 0 Å². The highest BCUT2D eigenvalue weighted by molar-refractivity contribution is 5.89. The average molecular weight is 361 g/mol. The van der Waals surface area contributed by atoms with Crippen molar-refractivity contribution in [1.82, 2.24) is 5.48 Å². The average Bonchev–Trinajstić information content (AvgIpc) is 2.74. The molecule has 3 aromatic rings. The monoisotopic (exact) mass is 361 g/mol. The van der Waals surface area contributed by atoms with E-state index in [0.29, 0.717) is 25.2 Å². The first-order chi connectivity index (χ1) is 13.3. The molecule has 27 heavy (non-hydrogen) atoms. The lowest BCUT2D eigenvalue weighted by molar-refractivity contribution is -0.00220. The topological polar surface area (TPSA) is 47.6 Å². The van der Waals surface area contributed by atoms with Crippen molar-refractivity contribution in [1.29, 1.82) is 0 Å². The first-order valence-electron chi connectivity index (χ1n) is 8.98. The summed E-state index contributed by atoms with van der Waals surface area (Å²) in [5.74, 6) is -0.406. The fourth-order valence-corrected chi connectivity index (χ4v) is 2.70. The Hall–Kier alpha value is -2.95. The van der Waals surface area contributed by atoms with Crippen LogP contribution in [0.1, 0.15) is 21.5 Å². The van der Waals surface area contributed by atoms with Crippen molar-refractivity contribution in [2.45, 2.75) is 19.1 Å². The van der Waals surface area contributed by atoms with E-state index in [2.05, 4.69) is 5.48 Å². The number of carbonyl (C=O) groups excluding carboxylic acids is 1. The van der Waals surface area contributed by atoms with Crippen LogP contribution in [0, 0.1) is 0 Å². The number of hydrogen-bond donors (Lipinski definition) is 1. The van der Waals surface area contributed by atoms with Gasteiger partial charge in [0.15, 0.2) is 0 Å². The molecule has 1 unspecified atom stereocenters. The minimum absolute atomic E-state index is 0.149. The molecule has 1 N–H and O–H groups in total. The predicted octanol–water partition coefficient (Wildman–Crippen LogP) is 4.18. The number of ether oxygens (including phenoxy) is 1. The fraction of sp³-hybridized carbons (Fsp3) is 0.174. The Balaban J connectivity index is 1.56. The van der Waals surface area contributed by atoms with Gasteiger partial charge in [0, 0.05) is 0 Å². The Morgan fingerprint density at radius 1 is 0.778 bits per heavy atom. The Labute approximate surface area is 159 Å². The normalized spacial score (nSPS) is 11.7. The number of hydroxylamine groups is 1. The number of carbonyl (C=O) groups is 1. The standard InChI is InChI=1S/C23H23NO3/c25-23(21-14-8-3-9-15-21)27-24-22(16-19-10-4-1-5-11-19)18-26-17-20-12-6-2-7-13-20/h1-15,22,24H,16-18H2. The summed E-state index contributed by atoms with van der Waals surface area (Å²) in [7, 11) is 0. The van der Waals surface area contributed by atoms with Gasteiger partial charge in [-0.15, -0.1) is 5.48 Å². The fourth-order valence-electron chi connectivity index (χ4n) is 2.70. The second kappa shape index (κ2) is 10.3. The first kappa shape index (κ1) is 18.8. The molecule has 0 spiro atoms. The third kappa shape index (κ3) is 6.37. The molecule has 3 aromatic carbocycles. The van der Waals surface area contributed by atoms with Crippen molar-refractivity contribution < 1.29 is 14.4 Å². The number of benzene rings is 3. The molecule has 0 bridgehead atoms. The van der Waals surface area contributed by atoms with Gasteiger partial charge in [0.1, 0.15) is 0 Å². The second-order valence-corrected chi connectivity index (χ2v) is 6.26. The van der Waals surface area contributed by atoms with E-state index in [9.17, 15) is 4.79 Å². The molecule has 0 aliphatic heterocycles. The SMILES string of the molecule is O=C(ONC(COCc1ccccc1)Cc1ccccc1)c1ccccc1. The highest BCUT2D eigenvalue weighted by atomic mass is 16.7. The van der Waals surface area contributed by atoms with Gasteiger partial charge in [-0.05, 0) is 29.7 Å². The molecule has 0 saturated carbocycles. The van der Waals surface area contributed by atoms with Gasteiger partial charge >= 0.3 is 5.97 Å².